The van der Waals surface area contributed by atoms with Crippen LogP contribution in [-0.2, 0) is 17.9 Å². The van der Waals surface area contributed by atoms with Gasteiger partial charge in [-0.15, -0.1) is 11.3 Å². The van der Waals surface area contributed by atoms with E-state index in [1.807, 2.05) is 61.9 Å². The second kappa shape index (κ2) is 11.7. The van der Waals surface area contributed by atoms with Crippen molar-refractivity contribution in [1.82, 2.24) is 14.8 Å². The Labute approximate surface area is 240 Å². The van der Waals surface area contributed by atoms with Gasteiger partial charge in [0.2, 0.25) is 11.7 Å². The molecule has 0 saturated heterocycles. The van der Waals surface area contributed by atoms with Crippen LogP contribution < -0.4 is 19.5 Å². The van der Waals surface area contributed by atoms with Crippen LogP contribution in [0.15, 0.2) is 29.6 Å². The zero-order chi connectivity index (χ0) is 28.4. The van der Waals surface area contributed by atoms with Gasteiger partial charge in [-0.2, -0.15) is 0 Å². The molecular weight excluding hydrogens is 526 g/mol. The molecule has 3 atom stereocenters. The average Bonchev–Trinajstić information content (AvgIpc) is 3.52. The first-order valence-corrected chi connectivity index (χ1v) is 15.4. The molecule has 1 saturated carbocycles. The van der Waals surface area contributed by atoms with Crippen LogP contribution in [0.25, 0.3) is 10.2 Å². The molecule has 0 spiro atoms. The standard InChI is InChI=1S/C31H41N3O5S/c1-6-37-25-15-21(16-26(38-7-2)28(25)39-8-3)18-34-29(35)24-17-27-23(13-14-40-27)33(24)19-31(34,5)30(36)32-22-12-10-9-11-20(22)4/h13-17,20,22H,6-12,18-19H2,1-5H3,(H,32,36)/t20-,22-,31+/m0/s1. The molecule has 40 heavy (non-hydrogen) atoms. The predicted molar refractivity (Wildman–Crippen MR) is 158 cm³/mol. The van der Waals surface area contributed by atoms with Crippen molar-refractivity contribution in [3.8, 4) is 17.2 Å². The molecule has 9 heteroatoms. The maximum atomic E-state index is 14.2. The molecule has 2 aromatic heterocycles. The predicted octanol–water partition coefficient (Wildman–Crippen LogP) is 6.01. The van der Waals surface area contributed by atoms with Gasteiger partial charge in [0, 0.05) is 12.6 Å². The normalized spacial score (nSPS) is 22.7. The van der Waals surface area contributed by atoms with Gasteiger partial charge in [-0.3, -0.25) is 9.59 Å². The van der Waals surface area contributed by atoms with Gasteiger partial charge in [-0.1, -0.05) is 19.8 Å². The molecule has 8 nitrogen and oxygen atoms in total. The summed E-state index contributed by atoms with van der Waals surface area (Å²) in [6.45, 7) is 11.9. The van der Waals surface area contributed by atoms with E-state index in [9.17, 15) is 9.59 Å². The van der Waals surface area contributed by atoms with Crippen LogP contribution >= 0.6 is 11.3 Å². The van der Waals surface area contributed by atoms with Crippen LogP contribution in [0.4, 0.5) is 0 Å². The number of nitrogens with zero attached hydrogens (tertiary/aromatic N) is 2. The first kappa shape index (κ1) is 28.3. The summed E-state index contributed by atoms with van der Waals surface area (Å²) >= 11 is 1.61. The summed E-state index contributed by atoms with van der Waals surface area (Å²) in [7, 11) is 0. The monoisotopic (exact) mass is 567 g/mol. The van der Waals surface area contributed by atoms with Crippen molar-refractivity contribution < 1.29 is 23.8 Å². The summed E-state index contributed by atoms with van der Waals surface area (Å²) in [6, 6.07) is 7.90. The van der Waals surface area contributed by atoms with Gasteiger partial charge >= 0.3 is 0 Å². The number of benzene rings is 1. The van der Waals surface area contributed by atoms with Crippen LogP contribution in [0.5, 0.6) is 17.2 Å². The first-order valence-electron chi connectivity index (χ1n) is 14.6. The van der Waals surface area contributed by atoms with Gasteiger partial charge in [0.25, 0.3) is 5.91 Å². The number of aromatic nitrogens is 1. The highest BCUT2D eigenvalue weighted by atomic mass is 32.1. The number of ether oxygens (including phenoxy) is 3. The molecule has 3 aromatic rings. The number of nitrogens with one attached hydrogen (secondary N) is 1. The Balaban J connectivity index is 1.55. The number of fused-ring (bicyclic) bond motifs is 3. The molecule has 1 aliphatic carbocycles. The zero-order valence-corrected chi connectivity index (χ0v) is 25.1. The Morgan fingerprint density at radius 3 is 2.38 bits per heavy atom. The number of amides is 2. The summed E-state index contributed by atoms with van der Waals surface area (Å²) in [5.41, 5.74) is 1.33. The third kappa shape index (κ3) is 5.16. The molecule has 0 bridgehead atoms. The summed E-state index contributed by atoms with van der Waals surface area (Å²) in [5, 5.41) is 5.38. The highest BCUT2D eigenvalue weighted by Crippen LogP contribution is 2.41. The third-order valence-corrected chi connectivity index (χ3v) is 9.13. The van der Waals surface area contributed by atoms with Gasteiger partial charge < -0.3 is 29.0 Å². The molecular formula is C31H41N3O5S. The molecule has 5 rings (SSSR count). The SMILES string of the molecule is CCOc1cc(CN2C(=O)c3cc4sccc4n3C[C@]2(C)C(=O)N[C@H]2CCCC[C@@H]2C)cc(OCC)c1OCC. The lowest BCUT2D eigenvalue weighted by Crippen LogP contribution is -2.65. The summed E-state index contributed by atoms with van der Waals surface area (Å²) in [5.74, 6) is 1.84. The van der Waals surface area contributed by atoms with Crippen LogP contribution in [0.2, 0.25) is 0 Å². The highest BCUT2D eigenvalue weighted by molar-refractivity contribution is 7.17. The third-order valence-electron chi connectivity index (χ3n) is 8.28. The molecule has 216 valence electrons. The Morgan fingerprint density at radius 2 is 1.73 bits per heavy atom. The van der Waals surface area contributed by atoms with E-state index in [1.165, 1.54) is 6.42 Å². The van der Waals surface area contributed by atoms with E-state index in [1.54, 1.807) is 16.2 Å². The minimum atomic E-state index is -1.09. The highest BCUT2D eigenvalue weighted by Gasteiger charge is 2.48. The van der Waals surface area contributed by atoms with Gasteiger partial charge in [0.1, 0.15) is 11.2 Å². The number of thiophene rings is 1. The minimum absolute atomic E-state index is 0.108. The lowest BCUT2D eigenvalue weighted by Gasteiger charge is -2.45. The molecule has 1 N–H and O–H groups in total. The fourth-order valence-electron chi connectivity index (χ4n) is 6.09. The lowest BCUT2D eigenvalue weighted by molar-refractivity contribution is -0.134. The number of rotatable bonds is 10. The summed E-state index contributed by atoms with van der Waals surface area (Å²) in [6.07, 6.45) is 4.38. The Bertz CT molecular complexity index is 1350. The van der Waals surface area contributed by atoms with Crippen molar-refractivity contribution in [1.29, 1.82) is 0 Å². The molecule has 2 amide bonds. The Morgan fingerprint density at radius 1 is 1.05 bits per heavy atom. The van der Waals surface area contributed by atoms with E-state index in [0.717, 1.165) is 35.0 Å². The van der Waals surface area contributed by atoms with Crippen LogP contribution in [0.3, 0.4) is 0 Å². The molecule has 0 unspecified atom stereocenters. The van der Waals surface area contributed by atoms with Crippen molar-refractivity contribution in [2.45, 2.75) is 85.0 Å². The molecule has 0 radical (unpaired) electrons. The second-order valence-electron chi connectivity index (χ2n) is 11.0. The number of hydrogen-bond donors (Lipinski definition) is 1. The van der Waals surface area contributed by atoms with E-state index in [2.05, 4.69) is 12.2 Å². The van der Waals surface area contributed by atoms with Crippen LogP contribution in [0, 0.1) is 5.92 Å². The van der Waals surface area contributed by atoms with E-state index in [0.29, 0.717) is 55.2 Å². The number of carbonyl (C=O) groups excluding carboxylic acids is 2. The first-order chi connectivity index (χ1) is 19.3. The summed E-state index contributed by atoms with van der Waals surface area (Å²) in [4.78, 5) is 30.1. The van der Waals surface area contributed by atoms with Gasteiger partial charge in [-0.05, 0) is 81.7 Å². The molecule has 1 aliphatic heterocycles. The number of hydrogen-bond acceptors (Lipinski definition) is 6. The second-order valence-corrected chi connectivity index (χ2v) is 12.0. The smallest absolute Gasteiger partial charge is 0.271 e. The van der Waals surface area contributed by atoms with Gasteiger partial charge in [0.05, 0.1) is 36.6 Å². The van der Waals surface area contributed by atoms with Gasteiger partial charge in [-0.25, -0.2) is 0 Å². The van der Waals surface area contributed by atoms with Crippen LogP contribution in [-0.4, -0.2) is 52.7 Å². The summed E-state index contributed by atoms with van der Waals surface area (Å²) < 4.78 is 20.8. The molecule has 1 fully saturated rings. The van der Waals surface area contributed by atoms with Crippen molar-refractivity contribution in [2.75, 3.05) is 19.8 Å². The fraction of sp³-hybridized carbons (Fsp3) is 0.548. The molecule has 3 heterocycles. The average molecular weight is 568 g/mol. The Hall–Kier alpha value is -3.20. The van der Waals surface area contributed by atoms with Crippen LogP contribution in [0.1, 0.15) is 76.4 Å². The van der Waals surface area contributed by atoms with Crippen molar-refractivity contribution in [3.63, 3.8) is 0 Å². The van der Waals surface area contributed by atoms with Crippen molar-refractivity contribution in [2.24, 2.45) is 5.92 Å². The minimum Gasteiger partial charge on any atom is -0.490 e. The maximum Gasteiger partial charge on any atom is 0.271 e. The zero-order valence-electron chi connectivity index (χ0n) is 24.2. The van der Waals surface area contributed by atoms with E-state index >= 15 is 0 Å². The molecule has 1 aromatic carbocycles. The van der Waals surface area contributed by atoms with E-state index < -0.39 is 5.54 Å². The lowest BCUT2D eigenvalue weighted by atomic mass is 9.85. The van der Waals surface area contributed by atoms with E-state index in [-0.39, 0.29) is 24.4 Å². The van der Waals surface area contributed by atoms with E-state index in [4.69, 9.17) is 14.2 Å². The topological polar surface area (TPSA) is 82.0 Å². The fourth-order valence-corrected chi connectivity index (χ4v) is 6.91. The van der Waals surface area contributed by atoms with Crippen molar-refractivity contribution >= 4 is 33.4 Å². The van der Waals surface area contributed by atoms with Crippen molar-refractivity contribution in [3.05, 3.63) is 40.9 Å². The Kier molecular flexibility index (Phi) is 8.31. The van der Waals surface area contributed by atoms with Gasteiger partial charge in [0.15, 0.2) is 11.5 Å². The number of carbonyl (C=O) groups is 2. The molecule has 2 aliphatic rings. The largest absolute Gasteiger partial charge is 0.490 e. The maximum absolute atomic E-state index is 14.2. The quantitative estimate of drug-likeness (QED) is 0.325.